The predicted molar refractivity (Wildman–Crippen MR) is 96.8 cm³/mol. The molecule has 0 saturated carbocycles. The zero-order valence-corrected chi connectivity index (χ0v) is 15.7. The summed E-state index contributed by atoms with van der Waals surface area (Å²) in [5.41, 5.74) is -0.972. The molecule has 0 fully saturated rings. The fourth-order valence-electron chi connectivity index (χ4n) is 2.29. The molecule has 27 heavy (non-hydrogen) atoms. The van der Waals surface area contributed by atoms with Gasteiger partial charge in [0.15, 0.2) is 0 Å². The maximum absolute atomic E-state index is 13.1. The van der Waals surface area contributed by atoms with Crippen LogP contribution in [0.15, 0.2) is 48.5 Å². The van der Waals surface area contributed by atoms with E-state index in [1.54, 1.807) is 30.3 Å². The number of carbonyl (C=O) groups excluding carboxylic acids is 1. The summed E-state index contributed by atoms with van der Waals surface area (Å²) in [7, 11) is -3.77. The Kier molecular flexibility index (Phi) is 6.50. The number of carbonyl (C=O) groups is 1. The maximum atomic E-state index is 13.1. The van der Waals surface area contributed by atoms with Gasteiger partial charge in [-0.3, -0.25) is 4.79 Å². The average Bonchev–Trinajstić information content (AvgIpc) is 2.55. The van der Waals surface area contributed by atoms with Crippen LogP contribution in [0.4, 0.5) is 18.9 Å². The molecule has 1 amide bonds. The van der Waals surface area contributed by atoms with Crippen LogP contribution in [-0.4, -0.2) is 31.4 Å². The van der Waals surface area contributed by atoms with Gasteiger partial charge in [-0.05, 0) is 23.8 Å². The third kappa shape index (κ3) is 6.23. The number of hydrogen-bond donors (Lipinski definition) is 1. The topological polar surface area (TPSA) is 66.5 Å². The van der Waals surface area contributed by atoms with Gasteiger partial charge in [0.25, 0.3) is 0 Å². The minimum atomic E-state index is -4.73. The van der Waals surface area contributed by atoms with Crippen molar-refractivity contribution >= 4 is 33.2 Å². The van der Waals surface area contributed by atoms with Crippen molar-refractivity contribution in [3.05, 3.63) is 64.7 Å². The number of benzene rings is 2. The largest absolute Gasteiger partial charge is 0.418 e. The van der Waals surface area contributed by atoms with Crippen LogP contribution in [-0.2, 0) is 27.5 Å². The van der Waals surface area contributed by atoms with Gasteiger partial charge in [0.1, 0.15) is 0 Å². The first-order valence-electron chi connectivity index (χ1n) is 7.62. The molecular formula is C17H16ClF3N2O3S. The molecule has 0 radical (unpaired) electrons. The zero-order valence-electron chi connectivity index (χ0n) is 14.1. The summed E-state index contributed by atoms with van der Waals surface area (Å²) < 4.78 is 64.1. The molecule has 0 bridgehead atoms. The van der Waals surface area contributed by atoms with Gasteiger partial charge in [0.05, 0.1) is 24.1 Å². The van der Waals surface area contributed by atoms with E-state index in [9.17, 15) is 26.4 Å². The van der Waals surface area contributed by atoms with Crippen LogP contribution < -0.4 is 5.32 Å². The van der Waals surface area contributed by atoms with E-state index < -0.39 is 39.9 Å². The summed E-state index contributed by atoms with van der Waals surface area (Å²) >= 11 is 5.59. The van der Waals surface area contributed by atoms with E-state index in [1.165, 1.54) is 6.07 Å². The van der Waals surface area contributed by atoms with Crippen LogP contribution in [0.1, 0.15) is 11.1 Å². The van der Waals surface area contributed by atoms with Crippen molar-refractivity contribution in [2.24, 2.45) is 0 Å². The SMILES string of the molecule is CS(=O)(=O)N(CC(=O)Nc1ccc(Cl)cc1C(F)(F)F)Cc1ccccc1. The summed E-state index contributed by atoms with van der Waals surface area (Å²) in [6, 6.07) is 11.4. The highest BCUT2D eigenvalue weighted by Gasteiger charge is 2.34. The Hall–Kier alpha value is -2.10. The van der Waals surface area contributed by atoms with Crippen molar-refractivity contribution in [1.82, 2.24) is 4.31 Å². The van der Waals surface area contributed by atoms with Crippen molar-refractivity contribution in [2.45, 2.75) is 12.7 Å². The minimum Gasteiger partial charge on any atom is -0.324 e. The first-order valence-corrected chi connectivity index (χ1v) is 9.85. The molecule has 0 atom stereocenters. The second-order valence-electron chi connectivity index (χ2n) is 5.75. The lowest BCUT2D eigenvalue weighted by atomic mass is 10.1. The number of nitrogens with one attached hydrogen (secondary N) is 1. The smallest absolute Gasteiger partial charge is 0.324 e. The number of anilines is 1. The molecule has 0 heterocycles. The zero-order chi connectivity index (χ0) is 20.2. The molecule has 2 aromatic rings. The van der Waals surface area contributed by atoms with Crippen LogP contribution in [0.2, 0.25) is 5.02 Å². The van der Waals surface area contributed by atoms with E-state index >= 15 is 0 Å². The molecule has 0 aliphatic heterocycles. The fourth-order valence-corrected chi connectivity index (χ4v) is 3.19. The van der Waals surface area contributed by atoms with Gasteiger partial charge in [0.2, 0.25) is 15.9 Å². The molecule has 146 valence electrons. The highest BCUT2D eigenvalue weighted by Crippen LogP contribution is 2.36. The Balaban J connectivity index is 2.20. The van der Waals surface area contributed by atoms with Gasteiger partial charge in [0, 0.05) is 11.6 Å². The number of amides is 1. The van der Waals surface area contributed by atoms with Crippen LogP contribution in [0, 0.1) is 0 Å². The molecule has 0 aliphatic carbocycles. The third-order valence-electron chi connectivity index (χ3n) is 3.55. The van der Waals surface area contributed by atoms with Crippen LogP contribution in [0.5, 0.6) is 0 Å². The Bertz CT molecular complexity index is 919. The lowest BCUT2D eigenvalue weighted by Crippen LogP contribution is -2.37. The van der Waals surface area contributed by atoms with Gasteiger partial charge < -0.3 is 5.32 Å². The van der Waals surface area contributed by atoms with E-state index in [-0.39, 0.29) is 11.6 Å². The van der Waals surface area contributed by atoms with E-state index in [1.807, 2.05) is 0 Å². The fraction of sp³-hybridized carbons (Fsp3) is 0.235. The molecule has 0 aromatic heterocycles. The van der Waals surface area contributed by atoms with Gasteiger partial charge in [-0.2, -0.15) is 17.5 Å². The lowest BCUT2D eigenvalue weighted by Gasteiger charge is -2.20. The number of halogens is 4. The molecule has 0 spiro atoms. The molecule has 2 rings (SSSR count). The third-order valence-corrected chi connectivity index (χ3v) is 4.98. The van der Waals surface area contributed by atoms with Crippen LogP contribution in [0.25, 0.3) is 0 Å². The van der Waals surface area contributed by atoms with Crippen molar-refractivity contribution in [3.8, 4) is 0 Å². The van der Waals surface area contributed by atoms with Gasteiger partial charge >= 0.3 is 6.18 Å². The molecule has 0 aliphatic rings. The average molecular weight is 421 g/mol. The van der Waals surface area contributed by atoms with Gasteiger partial charge in [-0.1, -0.05) is 41.9 Å². The lowest BCUT2D eigenvalue weighted by molar-refractivity contribution is -0.137. The monoisotopic (exact) mass is 420 g/mol. The standard InChI is InChI=1S/C17H16ClF3N2O3S/c1-27(25,26)23(10-12-5-3-2-4-6-12)11-16(24)22-15-8-7-13(18)9-14(15)17(19,20)21/h2-9H,10-11H2,1H3,(H,22,24). The Morgan fingerprint density at radius 2 is 1.78 bits per heavy atom. The van der Waals surface area contributed by atoms with E-state index in [2.05, 4.69) is 5.32 Å². The number of rotatable bonds is 6. The molecular weight excluding hydrogens is 405 g/mol. The Morgan fingerprint density at radius 1 is 1.15 bits per heavy atom. The van der Waals surface area contributed by atoms with E-state index in [0.717, 1.165) is 16.6 Å². The van der Waals surface area contributed by atoms with E-state index in [4.69, 9.17) is 11.6 Å². The van der Waals surface area contributed by atoms with Crippen LogP contribution >= 0.6 is 11.6 Å². The van der Waals surface area contributed by atoms with Gasteiger partial charge in [-0.15, -0.1) is 0 Å². The molecule has 2 aromatic carbocycles. The highest BCUT2D eigenvalue weighted by molar-refractivity contribution is 7.88. The van der Waals surface area contributed by atoms with Gasteiger partial charge in [-0.25, -0.2) is 8.42 Å². The second kappa shape index (κ2) is 8.28. The molecule has 0 saturated heterocycles. The van der Waals surface area contributed by atoms with E-state index in [0.29, 0.717) is 11.6 Å². The highest BCUT2D eigenvalue weighted by atomic mass is 35.5. The van der Waals surface area contributed by atoms with Crippen molar-refractivity contribution in [1.29, 1.82) is 0 Å². The quantitative estimate of drug-likeness (QED) is 0.773. The predicted octanol–water partition coefficient (Wildman–Crippen LogP) is 3.76. The molecule has 10 heteroatoms. The maximum Gasteiger partial charge on any atom is 0.418 e. The van der Waals surface area contributed by atoms with Crippen LogP contribution in [0.3, 0.4) is 0 Å². The minimum absolute atomic E-state index is 0.0835. The Morgan fingerprint density at radius 3 is 2.33 bits per heavy atom. The molecule has 0 unspecified atom stereocenters. The summed E-state index contributed by atoms with van der Waals surface area (Å²) in [5, 5.41) is 1.97. The normalized spacial score (nSPS) is 12.2. The van der Waals surface area contributed by atoms with Crippen molar-refractivity contribution < 1.29 is 26.4 Å². The first kappa shape index (κ1) is 21.2. The molecule has 5 nitrogen and oxygen atoms in total. The van der Waals surface area contributed by atoms with Crippen molar-refractivity contribution in [2.75, 3.05) is 18.1 Å². The summed E-state index contributed by atoms with van der Waals surface area (Å²) in [6.45, 7) is -0.715. The van der Waals surface area contributed by atoms with Crippen molar-refractivity contribution in [3.63, 3.8) is 0 Å². The molecule has 1 N–H and O–H groups in total. The summed E-state index contributed by atoms with van der Waals surface area (Å²) in [6.07, 6.45) is -3.80. The number of hydrogen-bond acceptors (Lipinski definition) is 3. The first-order chi connectivity index (χ1) is 12.5. The number of sulfonamides is 1. The summed E-state index contributed by atoms with van der Waals surface area (Å²) in [4.78, 5) is 12.2. The number of alkyl halides is 3. The number of nitrogens with zero attached hydrogens (tertiary/aromatic N) is 1. The summed E-state index contributed by atoms with van der Waals surface area (Å²) in [5.74, 6) is -0.899. The Labute approximate surface area is 159 Å². The second-order valence-corrected chi connectivity index (χ2v) is 8.17.